The van der Waals surface area contributed by atoms with Crippen LogP contribution in [0.2, 0.25) is 5.02 Å². The van der Waals surface area contributed by atoms with Gasteiger partial charge in [0.2, 0.25) is 17.7 Å². The second-order valence-corrected chi connectivity index (χ2v) is 8.15. The van der Waals surface area contributed by atoms with Crippen molar-refractivity contribution in [1.29, 1.82) is 0 Å². The number of hydrogen-bond acceptors (Lipinski definition) is 3. The quantitative estimate of drug-likeness (QED) is 0.799. The van der Waals surface area contributed by atoms with Crippen molar-refractivity contribution in [2.75, 3.05) is 22.9 Å². The van der Waals surface area contributed by atoms with Crippen LogP contribution in [-0.2, 0) is 27.3 Å². The summed E-state index contributed by atoms with van der Waals surface area (Å²) in [5.74, 6) is -0.470. The zero-order chi connectivity index (χ0) is 21.3. The van der Waals surface area contributed by atoms with Crippen LogP contribution < -0.4 is 15.1 Å². The third kappa shape index (κ3) is 4.05. The molecule has 7 heteroatoms. The van der Waals surface area contributed by atoms with E-state index in [0.29, 0.717) is 31.1 Å². The lowest BCUT2D eigenvalue weighted by molar-refractivity contribution is -0.126. The van der Waals surface area contributed by atoms with Crippen molar-refractivity contribution < 1.29 is 14.4 Å². The summed E-state index contributed by atoms with van der Waals surface area (Å²) >= 11 is 5.98. The van der Waals surface area contributed by atoms with Crippen molar-refractivity contribution in [3.8, 4) is 0 Å². The number of carbonyl (C=O) groups excluding carboxylic acids is 3. The molecule has 2 aromatic rings. The summed E-state index contributed by atoms with van der Waals surface area (Å²) in [4.78, 5) is 40.7. The molecule has 2 heterocycles. The standard InChI is InChI=1S/C23H24ClN3O3/c1-2-21(28)26-9-8-16-11-19(6-7-20(16)26)27-14-17(12-22(27)29)23(30)25-13-15-4-3-5-18(24)10-15/h3-7,10-11,17H,2,8-9,12-14H2,1H3,(H,25,30)/t17-/m1/s1. The van der Waals surface area contributed by atoms with Gasteiger partial charge in [-0.1, -0.05) is 30.7 Å². The van der Waals surface area contributed by atoms with Crippen molar-refractivity contribution in [3.05, 3.63) is 58.6 Å². The second-order valence-electron chi connectivity index (χ2n) is 7.72. The fraction of sp³-hybridized carbons (Fsp3) is 0.348. The second kappa shape index (κ2) is 8.48. The van der Waals surface area contributed by atoms with Crippen LogP contribution in [-0.4, -0.2) is 30.8 Å². The van der Waals surface area contributed by atoms with Crippen molar-refractivity contribution in [3.63, 3.8) is 0 Å². The first kappa shape index (κ1) is 20.4. The third-order valence-corrected chi connectivity index (χ3v) is 5.96. The zero-order valence-electron chi connectivity index (χ0n) is 16.9. The van der Waals surface area contributed by atoms with E-state index in [1.54, 1.807) is 15.9 Å². The number of fused-ring (bicyclic) bond motifs is 1. The molecule has 3 amide bonds. The van der Waals surface area contributed by atoms with Gasteiger partial charge < -0.3 is 15.1 Å². The van der Waals surface area contributed by atoms with Crippen LogP contribution in [0.4, 0.5) is 11.4 Å². The normalized spacial score (nSPS) is 17.9. The molecule has 1 saturated heterocycles. The van der Waals surface area contributed by atoms with E-state index in [1.165, 1.54) is 0 Å². The lowest BCUT2D eigenvalue weighted by atomic mass is 10.1. The minimum atomic E-state index is -0.386. The predicted molar refractivity (Wildman–Crippen MR) is 117 cm³/mol. The smallest absolute Gasteiger partial charge is 0.227 e. The van der Waals surface area contributed by atoms with Gasteiger partial charge in [0.05, 0.1) is 5.92 Å². The highest BCUT2D eigenvalue weighted by atomic mass is 35.5. The van der Waals surface area contributed by atoms with Gasteiger partial charge in [-0.25, -0.2) is 0 Å². The topological polar surface area (TPSA) is 69.7 Å². The van der Waals surface area contributed by atoms with Gasteiger partial charge in [-0.2, -0.15) is 0 Å². The first-order valence-electron chi connectivity index (χ1n) is 10.2. The van der Waals surface area contributed by atoms with Gasteiger partial charge in [-0.05, 0) is 47.9 Å². The number of rotatable bonds is 5. The van der Waals surface area contributed by atoms with E-state index in [-0.39, 0.29) is 30.1 Å². The summed E-state index contributed by atoms with van der Waals surface area (Å²) in [6.45, 7) is 3.27. The molecule has 0 aromatic heterocycles. The van der Waals surface area contributed by atoms with Gasteiger partial charge in [-0.3, -0.25) is 14.4 Å². The Morgan fingerprint density at radius 1 is 1.20 bits per heavy atom. The SMILES string of the molecule is CCC(=O)N1CCc2cc(N3C[C@H](C(=O)NCc4cccc(Cl)c4)CC3=O)ccc21. The van der Waals surface area contributed by atoms with Crippen LogP contribution in [0.1, 0.15) is 30.9 Å². The van der Waals surface area contributed by atoms with E-state index < -0.39 is 0 Å². The average molecular weight is 426 g/mol. The Kier molecular flexibility index (Phi) is 5.77. The van der Waals surface area contributed by atoms with E-state index in [1.807, 2.05) is 43.3 Å². The van der Waals surface area contributed by atoms with E-state index in [2.05, 4.69) is 5.32 Å². The Morgan fingerprint density at radius 2 is 2.03 bits per heavy atom. The van der Waals surface area contributed by atoms with Gasteiger partial charge in [-0.15, -0.1) is 0 Å². The Labute approximate surface area is 180 Å². The van der Waals surface area contributed by atoms with E-state index in [4.69, 9.17) is 11.6 Å². The van der Waals surface area contributed by atoms with Crippen molar-refractivity contribution in [2.45, 2.75) is 32.7 Å². The molecule has 6 nitrogen and oxygen atoms in total. The van der Waals surface area contributed by atoms with Gasteiger partial charge in [0.15, 0.2) is 0 Å². The summed E-state index contributed by atoms with van der Waals surface area (Å²) in [5, 5.41) is 3.53. The minimum absolute atomic E-state index is 0.0580. The van der Waals surface area contributed by atoms with Crippen LogP contribution in [0.3, 0.4) is 0 Å². The zero-order valence-corrected chi connectivity index (χ0v) is 17.6. The molecule has 2 aliphatic rings. The summed E-state index contributed by atoms with van der Waals surface area (Å²) in [7, 11) is 0. The summed E-state index contributed by atoms with van der Waals surface area (Å²) in [6, 6.07) is 13.1. The Hall–Kier alpha value is -2.86. The molecule has 0 bridgehead atoms. The average Bonchev–Trinajstić information content (AvgIpc) is 3.34. The first-order chi connectivity index (χ1) is 14.5. The van der Waals surface area contributed by atoms with Gasteiger partial charge in [0, 0.05) is 48.9 Å². The highest BCUT2D eigenvalue weighted by Gasteiger charge is 2.35. The van der Waals surface area contributed by atoms with Gasteiger partial charge >= 0.3 is 0 Å². The molecule has 0 spiro atoms. The maximum Gasteiger partial charge on any atom is 0.227 e. The van der Waals surface area contributed by atoms with Crippen LogP contribution >= 0.6 is 11.6 Å². The van der Waals surface area contributed by atoms with E-state index in [0.717, 1.165) is 28.9 Å². The number of nitrogens with one attached hydrogen (secondary N) is 1. The van der Waals surface area contributed by atoms with E-state index >= 15 is 0 Å². The number of nitrogens with zero attached hydrogens (tertiary/aromatic N) is 2. The maximum atomic E-state index is 12.6. The minimum Gasteiger partial charge on any atom is -0.352 e. The number of anilines is 2. The Bertz CT molecular complexity index is 1010. The van der Waals surface area contributed by atoms with Crippen LogP contribution in [0.15, 0.2) is 42.5 Å². The molecule has 0 radical (unpaired) electrons. The lowest BCUT2D eigenvalue weighted by Crippen LogP contribution is -2.32. The number of hydrogen-bond donors (Lipinski definition) is 1. The van der Waals surface area contributed by atoms with Crippen molar-refractivity contribution in [2.24, 2.45) is 5.92 Å². The van der Waals surface area contributed by atoms with Gasteiger partial charge in [0.1, 0.15) is 0 Å². The number of carbonyl (C=O) groups is 3. The molecule has 4 rings (SSSR count). The predicted octanol–water partition coefficient (Wildman–Crippen LogP) is 3.31. The largest absolute Gasteiger partial charge is 0.352 e. The number of halogens is 1. The van der Waals surface area contributed by atoms with E-state index in [9.17, 15) is 14.4 Å². The fourth-order valence-electron chi connectivity index (χ4n) is 4.12. The van der Waals surface area contributed by atoms with Crippen LogP contribution in [0.25, 0.3) is 0 Å². The molecule has 156 valence electrons. The molecule has 2 aliphatic heterocycles. The summed E-state index contributed by atoms with van der Waals surface area (Å²) in [6.07, 6.45) is 1.44. The number of benzene rings is 2. The highest BCUT2D eigenvalue weighted by molar-refractivity contribution is 6.30. The van der Waals surface area contributed by atoms with Gasteiger partial charge in [0.25, 0.3) is 0 Å². The molecule has 0 saturated carbocycles. The van der Waals surface area contributed by atoms with Crippen LogP contribution in [0, 0.1) is 5.92 Å². The van der Waals surface area contributed by atoms with Crippen molar-refractivity contribution in [1.82, 2.24) is 5.32 Å². The first-order valence-corrected chi connectivity index (χ1v) is 10.6. The molecule has 0 aliphatic carbocycles. The molecule has 1 atom stereocenters. The molecular weight excluding hydrogens is 402 g/mol. The lowest BCUT2D eigenvalue weighted by Gasteiger charge is -2.20. The Balaban J connectivity index is 1.41. The molecule has 30 heavy (non-hydrogen) atoms. The third-order valence-electron chi connectivity index (χ3n) is 5.73. The molecule has 1 N–H and O–H groups in total. The molecule has 2 aromatic carbocycles. The number of amides is 3. The Morgan fingerprint density at radius 3 is 2.80 bits per heavy atom. The fourth-order valence-corrected chi connectivity index (χ4v) is 4.33. The summed E-state index contributed by atoms with van der Waals surface area (Å²) in [5.41, 5.74) is 3.69. The van der Waals surface area contributed by atoms with Crippen molar-refractivity contribution >= 4 is 40.7 Å². The monoisotopic (exact) mass is 425 g/mol. The summed E-state index contributed by atoms with van der Waals surface area (Å²) < 4.78 is 0. The molecule has 1 fully saturated rings. The maximum absolute atomic E-state index is 12.6. The highest BCUT2D eigenvalue weighted by Crippen LogP contribution is 2.34. The molecular formula is C23H24ClN3O3. The molecule has 0 unspecified atom stereocenters. The van der Waals surface area contributed by atoms with Crippen LogP contribution in [0.5, 0.6) is 0 Å².